The molecule has 1 unspecified atom stereocenters. The Bertz CT molecular complexity index is 777. The monoisotopic (exact) mass is 331 g/mol. The van der Waals surface area contributed by atoms with Crippen LogP contribution in [0.2, 0.25) is 0 Å². The lowest BCUT2D eigenvalue weighted by Gasteiger charge is -2.09. The lowest BCUT2D eigenvalue weighted by molar-refractivity contribution is -0.141. The number of carbonyl (C=O) groups excluding carboxylic acids is 1. The van der Waals surface area contributed by atoms with Gasteiger partial charge in [0.25, 0.3) is 5.95 Å². The van der Waals surface area contributed by atoms with Gasteiger partial charge in [0, 0.05) is 22.6 Å². The van der Waals surface area contributed by atoms with Crippen LogP contribution >= 0.6 is 0 Å². The van der Waals surface area contributed by atoms with Gasteiger partial charge in [-0.25, -0.2) is 14.6 Å². The van der Waals surface area contributed by atoms with Crippen LogP contribution < -0.4 is 5.32 Å². The second-order valence-corrected chi connectivity index (χ2v) is 5.82. The highest BCUT2D eigenvalue weighted by Crippen LogP contribution is 2.17. The number of aromatic nitrogens is 4. The minimum Gasteiger partial charge on any atom is -0.480 e. The molecule has 2 rings (SSSR count). The fourth-order valence-electron chi connectivity index (χ4n) is 2.44. The Morgan fingerprint density at radius 1 is 1.21 bits per heavy atom. The predicted octanol–water partition coefficient (Wildman–Crippen LogP) is 1.03. The van der Waals surface area contributed by atoms with Gasteiger partial charge in [-0.1, -0.05) is 0 Å². The fraction of sp³-hybridized carbons (Fsp3) is 0.438. The number of carboxylic acid groups (broad SMARTS) is 1. The van der Waals surface area contributed by atoms with Crippen LogP contribution in [0.5, 0.6) is 0 Å². The number of nitrogens with zero attached hydrogens (tertiary/aromatic N) is 4. The Kier molecular flexibility index (Phi) is 4.96. The van der Waals surface area contributed by atoms with Crippen LogP contribution in [-0.4, -0.2) is 42.8 Å². The number of carboxylic acids is 1. The number of amides is 1. The summed E-state index contributed by atoms with van der Waals surface area (Å²) in [6, 6.07) is 0.938. The molecule has 2 N–H and O–H groups in total. The molecule has 0 saturated heterocycles. The van der Waals surface area contributed by atoms with Gasteiger partial charge in [0.15, 0.2) is 0 Å². The predicted molar refractivity (Wildman–Crippen MR) is 87.0 cm³/mol. The Morgan fingerprint density at radius 3 is 2.33 bits per heavy atom. The molecule has 0 radical (unpaired) electrons. The minimum absolute atomic E-state index is 0.0556. The molecule has 0 aliphatic carbocycles. The van der Waals surface area contributed by atoms with Gasteiger partial charge in [0.2, 0.25) is 5.91 Å². The summed E-state index contributed by atoms with van der Waals surface area (Å²) in [7, 11) is 0. The van der Waals surface area contributed by atoms with Crippen LogP contribution in [0.1, 0.15) is 35.3 Å². The van der Waals surface area contributed by atoms with Crippen molar-refractivity contribution in [2.45, 2.75) is 47.1 Å². The van der Waals surface area contributed by atoms with E-state index in [2.05, 4.69) is 20.4 Å². The third-order valence-electron chi connectivity index (χ3n) is 3.69. The molecule has 24 heavy (non-hydrogen) atoms. The van der Waals surface area contributed by atoms with Crippen LogP contribution in [0, 0.1) is 27.7 Å². The first-order valence-corrected chi connectivity index (χ1v) is 7.59. The lowest BCUT2D eigenvalue weighted by Crippen LogP contribution is -2.39. The van der Waals surface area contributed by atoms with Gasteiger partial charge in [-0.3, -0.25) is 9.59 Å². The van der Waals surface area contributed by atoms with Crippen LogP contribution in [0.3, 0.4) is 0 Å². The highest BCUT2D eigenvalue weighted by molar-refractivity contribution is 5.84. The number of nitrogens with one attached hydrogen (secondary N) is 1. The fourth-order valence-corrected chi connectivity index (χ4v) is 2.44. The number of hydrogen-bond acceptors (Lipinski definition) is 5. The largest absolute Gasteiger partial charge is 0.480 e. The van der Waals surface area contributed by atoms with Crippen molar-refractivity contribution in [1.29, 1.82) is 0 Å². The molecule has 0 aliphatic rings. The van der Waals surface area contributed by atoms with Gasteiger partial charge in [-0.15, -0.1) is 0 Å². The number of carbonyl (C=O) groups is 2. The summed E-state index contributed by atoms with van der Waals surface area (Å²) >= 11 is 0. The second kappa shape index (κ2) is 6.77. The van der Waals surface area contributed by atoms with Gasteiger partial charge in [0.05, 0.1) is 12.1 Å². The zero-order valence-electron chi connectivity index (χ0n) is 14.4. The highest BCUT2D eigenvalue weighted by Gasteiger charge is 2.20. The van der Waals surface area contributed by atoms with E-state index in [0.29, 0.717) is 11.6 Å². The summed E-state index contributed by atoms with van der Waals surface area (Å²) < 4.78 is 1.61. The third-order valence-corrected chi connectivity index (χ3v) is 3.69. The number of aryl methyl sites for hydroxylation is 3. The Labute approximate surface area is 139 Å². The van der Waals surface area contributed by atoms with Crippen LogP contribution in [0.25, 0.3) is 5.95 Å². The molecule has 2 heterocycles. The Morgan fingerprint density at radius 2 is 1.79 bits per heavy atom. The molecule has 0 spiro atoms. The van der Waals surface area contributed by atoms with Crippen molar-refractivity contribution in [3.8, 4) is 5.95 Å². The van der Waals surface area contributed by atoms with Crippen molar-refractivity contribution in [3.63, 3.8) is 0 Å². The van der Waals surface area contributed by atoms with Gasteiger partial charge in [-0.2, -0.15) is 5.10 Å². The van der Waals surface area contributed by atoms with E-state index in [1.807, 2.05) is 26.8 Å². The zero-order chi connectivity index (χ0) is 18.0. The van der Waals surface area contributed by atoms with Crippen molar-refractivity contribution in [1.82, 2.24) is 25.1 Å². The normalized spacial score (nSPS) is 12.0. The smallest absolute Gasteiger partial charge is 0.325 e. The van der Waals surface area contributed by atoms with E-state index in [1.54, 1.807) is 11.6 Å². The molecule has 2 aromatic heterocycles. The zero-order valence-corrected chi connectivity index (χ0v) is 14.4. The summed E-state index contributed by atoms with van der Waals surface area (Å²) in [5.41, 5.74) is 3.86. The summed E-state index contributed by atoms with van der Waals surface area (Å²) in [5.74, 6) is -0.980. The average Bonchev–Trinajstić information content (AvgIpc) is 2.74. The van der Waals surface area contributed by atoms with Gasteiger partial charge in [-0.05, 0) is 40.7 Å². The standard InChI is InChI=1S/C16H21N5O3/c1-8-6-9(2)18-16(17-8)21-12(5)13(10(3)20-21)7-14(22)19-11(4)15(23)24/h6,11H,7H2,1-5H3,(H,19,22)(H,23,24). The van der Waals surface area contributed by atoms with E-state index in [1.165, 1.54) is 6.92 Å². The van der Waals surface area contributed by atoms with E-state index in [9.17, 15) is 9.59 Å². The molecular formula is C16H21N5O3. The molecule has 0 saturated carbocycles. The topological polar surface area (TPSA) is 110 Å². The summed E-state index contributed by atoms with van der Waals surface area (Å²) in [5, 5.41) is 15.7. The molecule has 2 aromatic rings. The van der Waals surface area contributed by atoms with Crippen LogP contribution in [-0.2, 0) is 16.0 Å². The number of rotatable bonds is 5. The lowest BCUT2D eigenvalue weighted by atomic mass is 10.1. The second-order valence-electron chi connectivity index (χ2n) is 5.82. The first kappa shape index (κ1) is 17.6. The summed E-state index contributed by atoms with van der Waals surface area (Å²) in [4.78, 5) is 31.6. The summed E-state index contributed by atoms with van der Waals surface area (Å²) in [6.45, 7) is 8.82. The maximum atomic E-state index is 12.0. The Hall–Kier alpha value is -2.77. The van der Waals surface area contributed by atoms with Crippen molar-refractivity contribution in [2.75, 3.05) is 0 Å². The van der Waals surface area contributed by atoms with E-state index in [0.717, 1.165) is 22.6 Å². The van der Waals surface area contributed by atoms with Gasteiger partial charge >= 0.3 is 5.97 Å². The van der Waals surface area contributed by atoms with Crippen molar-refractivity contribution >= 4 is 11.9 Å². The summed E-state index contributed by atoms with van der Waals surface area (Å²) in [6.07, 6.45) is 0.0556. The molecule has 8 nitrogen and oxygen atoms in total. The maximum Gasteiger partial charge on any atom is 0.325 e. The molecule has 0 aliphatic heterocycles. The maximum absolute atomic E-state index is 12.0. The van der Waals surface area contributed by atoms with Crippen LogP contribution in [0.4, 0.5) is 0 Å². The van der Waals surface area contributed by atoms with Crippen LogP contribution in [0.15, 0.2) is 6.07 Å². The van der Waals surface area contributed by atoms with Gasteiger partial charge in [0.1, 0.15) is 6.04 Å². The molecule has 0 fully saturated rings. The Balaban J connectivity index is 2.29. The number of aliphatic carboxylic acids is 1. The minimum atomic E-state index is -1.07. The highest BCUT2D eigenvalue weighted by atomic mass is 16.4. The molecule has 8 heteroatoms. The van der Waals surface area contributed by atoms with Gasteiger partial charge < -0.3 is 10.4 Å². The van der Waals surface area contributed by atoms with E-state index >= 15 is 0 Å². The first-order valence-electron chi connectivity index (χ1n) is 7.59. The first-order chi connectivity index (χ1) is 11.2. The van der Waals surface area contributed by atoms with E-state index < -0.39 is 12.0 Å². The average molecular weight is 331 g/mol. The van der Waals surface area contributed by atoms with Crippen molar-refractivity contribution in [3.05, 3.63) is 34.4 Å². The van der Waals surface area contributed by atoms with Crippen molar-refractivity contribution < 1.29 is 14.7 Å². The molecule has 0 aromatic carbocycles. The van der Waals surface area contributed by atoms with Crippen molar-refractivity contribution in [2.24, 2.45) is 0 Å². The molecule has 0 bridgehead atoms. The molecule has 128 valence electrons. The quantitative estimate of drug-likeness (QED) is 0.846. The number of hydrogen-bond donors (Lipinski definition) is 2. The SMILES string of the molecule is Cc1cc(C)nc(-n2nc(C)c(CC(=O)NC(C)C(=O)O)c2C)n1. The molecular weight excluding hydrogens is 310 g/mol. The molecule has 1 atom stereocenters. The van der Waals surface area contributed by atoms with E-state index in [-0.39, 0.29) is 12.3 Å². The van der Waals surface area contributed by atoms with E-state index in [4.69, 9.17) is 5.11 Å². The molecule has 1 amide bonds. The third kappa shape index (κ3) is 3.76.